The van der Waals surface area contributed by atoms with Crippen LogP contribution in [0, 0.1) is 19.7 Å². The van der Waals surface area contributed by atoms with Gasteiger partial charge in [-0.15, -0.1) is 0 Å². The summed E-state index contributed by atoms with van der Waals surface area (Å²) in [5, 5.41) is 0.703. The molecule has 0 atom stereocenters. The van der Waals surface area contributed by atoms with Crippen molar-refractivity contribution >= 4 is 16.7 Å². The average Bonchev–Trinajstić information content (AvgIpc) is 2.12. The lowest BCUT2D eigenvalue weighted by atomic mass is 10.1. The highest BCUT2D eigenvalue weighted by atomic mass is 19.1. The summed E-state index contributed by atoms with van der Waals surface area (Å²) < 4.78 is 13.2. The highest BCUT2D eigenvalue weighted by molar-refractivity contribution is 5.90. The summed E-state index contributed by atoms with van der Waals surface area (Å²) >= 11 is 0. The predicted octanol–water partition coefficient (Wildman–Crippen LogP) is 1.97. The molecule has 0 fully saturated rings. The molecule has 0 bridgehead atoms. The Morgan fingerprint density at radius 2 is 1.93 bits per heavy atom. The van der Waals surface area contributed by atoms with Crippen molar-refractivity contribution < 1.29 is 4.39 Å². The number of rotatable bonds is 0. The summed E-state index contributed by atoms with van der Waals surface area (Å²) in [4.78, 5) is 8.18. The topological polar surface area (TPSA) is 51.8 Å². The molecule has 1 aromatic heterocycles. The largest absolute Gasteiger partial charge is 0.383 e. The van der Waals surface area contributed by atoms with Gasteiger partial charge in [-0.05, 0) is 26.0 Å². The zero-order valence-corrected chi connectivity index (χ0v) is 8.00. The van der Waals surface area contributed by atoms with E-state index < -0.39 is 0 Å². The lowest BCUT2D eigenvalue weighted by Gasteiger charge is -2.05. The predicted molar refractivity (Wildman–Crippen MR) is 53.4 cm³/mol. The fourth-order valence-electron chi connectivity index (χ4n) is 1.45. The molecule has 2 N–H and O–H groups in total. The van der Waals surface area contributed by atoms with Crippen molar-refractivity contribution in [2.24, 2.45) is 0 Å². The number of hydrogen-bond donors (Lipinski definition) is 1. The number of anilines is 1. The summed E-state index contributed by atoms with van der Waals surface area (Å²) in [5.74, 6) is 0.689. The summed E-state index contributed by atoms with van der Waals surface area (Å²) in [6.45, 7) is 3.42. The van der Waals surface area contributed by atoms with E-state index in [-0.39, 0.29) is 5.82 Å². The van der Waals surface area contributed by atoms with Crippen molar-refractivity contribution in [2.45, 2.75) is 13.8 Å². The first-order chi connectivity index (χ1) is 6.59. The highest BCUT2D eigenvalue weighted by Crippen LogP contribution is 2.22. The van der Waals surface area contributed by atoms with Gasteiger partial charge in [0.05, 0.1) is 5.52 Å². The third-order valence-corrected chi connectivity index (χ3v) is 2.20. The number of aromatic nitrogens is 2. The van der Waals surface area contributed by atoms with Gasteiger partial charge in [0.25, 0.3) is 0 Å². The minimum Gasteiger partial charge on any atom is -0.383 e. The Kier molecular flexibility index (Phi) is 1.84. The maximum absolute atomic E-state index is 13.2. The van der Waals surface area contributed by atoms with E-state index >= 15 is 0 Å². The monoisotopic (exact) mass is 191 g/mol. The van der Waals surface area contributed by atoms with Crippen LogP contribution in [0.4, 0.5) is 10.2 Å². The van der Waals surface area contributed by atoms with Gasteiger partial charge in [-0.25, -0.2) is 14.4 Å². The van der Waals surface area contributed by atoms with Crippen LogP contribution in [0.1, 0.15) is 11.4 Å². The van der Waals surface area contributed by atoms with Crippen LogP contribution in [0.3, 0.4) is 0 Å². The van der Waals surface area contributed by atoms with Gasteiger partial charge in [-0.3, -0.25) is 0 Å². The molecular weight excluding hydrogens is 181 g/mol. The second-order valence-corrected chi connectivity index (χ2v) is 3.22. The van der Waals surface area contributed by atoms with Crippen molar-refractivity contribution in [3.05, 3.63) is 29.3 Å². The number of nitrogens with zero attached hydrogens (tertiary/aromatic N) is 2. The fourth-order valence-corrected chi connectivity index (χ4v) is 1.45. The molecule has 0 aliphatic carbocycles. The lowest BCUT2D eigenvalue weighted by Crippen LogP contribution is -1.99. The molecule has 0 amide bonds. The Bertz CT molecular complexity index is 508. The first kappa shape index (κ1) is 8.87. The lowest BCUT2D eigenvalue weighted by molar-refractivity contribution is 0.620. The van der Waals surface area contributed by atoms with Crippen LogP contribution in [0.5, 0.6) is 0 Å². The first-order valence-corrected chi connectivity index (χ1v) is 4.28. The maximum atomic E-state index is 13.2. The Labute approximate surface area is 80.8 Å². The molecule has 3 nitrogen and oxygen atoms in total. The van der Waals surface area contributed by atoms with Crippen LogP contribution in [0.2, 0.25) is 0 Å². The molecule has 0 saturated carbocycles. The number of benzene rings is 1. The molecule has 0 aliphatic rings. The molecular formula is C10H10FN3. The maximum Gasteiger partial charge on any atom is 0.135 e. The molecule has 0 saturated heterocycles. The highest BCUT2D eigenvalue weighted by Gasteiger charge is 2.08. The van der Waals surface area contributed by atoms with Gasteiger partial charge in [-0.2, -0.15) is 0 Å². The van der Waals surface area contributed by atoms with Crippen LogP contribution in [0.15, 0.2) is 12.1 Å². The van der Waals surface area contributed by atoms with Gasteiger partial charge >= 0.3 is 0 Å². The molecule has 0 aliphatic heterocycles. The molecule has 4 heteroatoms. The van der Waals surface area contributed by atoms with E-state index in [9.17, 15) is 4.39 Å². The molecule has 0 radical (unpaired) electrons. The first-order valence-electron chi connectivity index (χ1n) is 4.28. The van der Waals surface area contributed by atoms with E-state index in [0.717, 1.165) is 0 Å². The Balaban J connectivity index is 2.95. The zero-order chi connectivity index (χ0) is 10.3. The molecule has 1 heterocycles. The third-order valence-electron chi connectivity index (χ3n) is 2.20. The minimum atomic E-state index is -0.269. The average molecular weight is 191 g/mol. The normalized spacial score (nSPS) is 10.8. The smallest absolute Gasteiger partial charge is 0.135 e. The van der Waals surface area contributed by atoms with Gasteiger partial charge < -0.3 is 5.73 Å². The molecule has 1 aromatic carbocycles. The van der Waals surface area contributed by atoms with Gasteiger partial charge in [0.15, 0.2) is 0 Å². The van der Waals surface area contributed by atoms with E-state index in [1.54, 1.807) is 19.9 Å². The Morgan fingerprint density at radius 3 is 2.64 bits per heavy atom. The minimum absolute atomic E-state index is 0.269. The van der Waals surface area contributed by atoms with Gasteiger partial charge in [-0.1, -0.05) is 0 Å². The molecule has 0 spiro atoms. The number of halogens is 1. The summed E-state index contributed by atoms with van der Waals surface area (Å²) in [5.41, 5.74) is 6.81. The summed E-state index contributed by atoms with van der Waals surface area (Å²) in [7, 11) is 0. The van der Waals surface area contributed by atoms with Gasteiger partial charge in [0, 0.05) is 10.9 Å². The molecule has 2 aromatic rings. The molecule has 72 valence electrons. The standard InChI is InChI=1S/C10H10FN3/c1-5-8(11)4-3-7-9(5)13-6(2)14-10(7)12/h3-4H,1-2H3,(H2,12,13,14). The quantitative estimate of drug-likeness (QED) is 0.692. The second kappa shape index (κ2) is 2.90. The summed E-state index contributed by atoms with van der Waals surface area (Å²) in [6.07, 6.45) is 0. The van der Waals surface area contributed by atoms with Crippen molar-refractivity contribution in [3.63, 3.8) is 0 Å². The summed E-state index contributed by atoms with van der Waals surface area (Å²) in [6, 6.07) is 2.99. The Hall–Kier alpha value is -1.71. The van der Waals surface area contributed by atoms with E-state index in [2.05, 4.69) is 9.97 Å². The van der Waals surface area contributed by atoms with E-state index in [0.29, 0.717) is 28.1 Å². The van der Waals surface area contributed by atoms with Crippen LogP contribution >= 0.6 is 0 Å². The van der Waals surface area contributed by atoms with Crippen LogP contribution < -0.4 is 5.73 Å². The molecule has 0 unspecified atom stereocenters. The van der Waals surface area contributed by atoms with Gasteiger partial charge in [0.1, 0.15) is 17.5 Å². The number of aryl methyl sites for hydroxylation is 2. The number of nitrogens with two attached hydrogens (primary N) is 1. The Morgan fingerprint density at radius 1 is 1.21 bits per heavy atom. The number of fused-ring (bicyclic) bond motifs is 1. The molecule has 2 rings (SSSR count). The van der Waals surface area contributed by atoms with Crippen LogP contribution in [-0.4, -0.2) is 9.97 Å². The SMILES string of the molecule is Cc1nc(N)c2ccc(F)c(C)c2n1. The van der Waals surface area contributed by atoms with E-state index in [1.165, 1.54) is 6.07 Å². The van der Waals surface area contributed by atoms with Crippen molar-refractivity contribution in [3.8, 4) is 0 Å². The fraction of sp³-hybridized carbons (Fsp3) is 0.200. The van der Waals surface area contributed by atoms with Crippen molar-refractivity contribution in [1.29, 1.82) is 0 Å². The zero-order valence-electron chi connectivity index (χ0n) is 8.00. The number of hydrogen-bond acceptors (Lipinski definition) is 3. The third kappa shape index (κ3) is 1.19. The van der Waals surface area contributed by atoms with Crippen molar-refractivity contribution in [2.75, 3.05) is 5.73 Å². The van der Waals surface area contributed by atoms with E-state index in [4.69, 9.17) is 5.73 Å². The number of nitrogen functional groups attached to an aromatic ring is 1. The van der Waals surface area contributed by atoms with Crippen molar-refractivity contribution in [1.82, 2.24) is 9.97 Å². The van der Waals surface area contributed by atoms with Crippen LogP contribution in [0.25, 0.3) is 10.9 Å². The van der Waals surface area contributed by atoms with Crippen LogP contribution in [-0.2, 0) is 0 Å². The molecule has 14 heavy (non-hydrogen) atoms. The van der Waals surface area contributed by atoms with Gasteiger partial charge in [0.2, 0.25) is 0 Å². The van der Waals surface area contributed by atoms with E-state index in [1.807, 2.05) is 0 Å². The second-order valence-electron chi connectivity index (χ2n) is 3.22.